The molecule has 6 nitrogen and oxygen atoms in total. The van der Waals surface area contributed by atoms with Crippen LogP contribution in [0.25, 0.3) is 0 Å². The first kappa shape index (κ1) is 22.4. The Morgan fingerprint density at radius 3 is 2.76 bits per heavy atom. The second-order valence-electron chi connectivity index (χ2n) is 9.36. The van der Waals surface area contributed by atoms with Gasteiger partial charge in [0.05, 0.1) is 12.6 Å². The third kappa shape index (κ3) is 5.06. The maximum atomic E-state index is 13.8. The van der Waals surface area contributed by atoms with Crippen LogP contribution in [0.1, 0.15) is 66.6 Å². The molecule has 0 radical (unpaired) electrons. The number of nitrogens with one attached hydrogen (secondary N) is 1. The Balaban J connectivity index is 1.41. The number of ether oxygens (including phenoxy) is 1. The van der Waals surface area contributed by atoms with E-state index in [1.807, 2.05) is 47.4 Å². The topological polar surface area (TPSA) is 67.4 Å². The molecule has 1 N–H and O–H groups in total. The van der Waals surface area contributed by atoms with Crippen molar-refractivity contribution in [2.45, 2.75) is 51.5 Å². The van der Waals surface area contributed by atoms with Gasteiger partial charge < -0.3 is 10.1 Å². The molecular formula is C28H32N4O2. The summed E-state index contributed by atoms with van der Waals surface area (Å²) in [6.07, 6.45) is 8.64. The molecule has 1 saturated carbocycles. The van der Waals surface area contributed by atoms with Crippen LogP contribution in [0.15, 0.2) is 60.8 Å². The van der Waals surface area contributed by atoms with Crippen LogP contribution in [0.3, 0.4) is 0 Å². The lowest BCUT2D eigenvalue weighted by Gasteiger charge is -2.29. The minimum Gasteiger partial charge on any atom is -0.493 e. The molecule has 0 bridgehead atoms. The van der Waals surface area contributed by atoms with Gasteiger partial charge in [0, 0.05) is 24.7 Å². The summed E-state index contributed by atoms with van der Waals surface area (Å²) in [4.78, 5) is 24.9. The Labute approximate surface area is 201 Å². The lowest BCUT2D eigenvalue weighted by atomic mass is 9.89. The van der Waals surface area contributed by atoms with Crippen LogP contribution in [-0.2, 0) is 6.42 Å². The van der Waals surface area contributed by atoms with Crippen molar-refractivity contribution in [3.05, 3.63) is 77.5 Å². The summed E-state index contributed by atoms with van der Waals surface area (Å²) in [6.45, 7) is 3.44. The highest BCUT2D eigenvalue weighted by Gasteiger charge is 2.26. The van der Waals surface area contributed by atoms with Crippen molar-refractivity contribution in [3.63, 3.8) is 0 Å². The second kappa shape index (κ2) is 10.2. The van der Waals surface area contributed by atoms with Crippen molar-refractivity contribution in [1.29, 1.82) is 0 Å². The van der Waals surface area contributed by atoms with Gasteiger partial charge in [-0.25, -0.2) is 4.98 Å². The molecule has 176 valence electrons. The van der Waals surface area contributed by atoms with Gasteiger partial charge in [0.2, 0.25) is 5.95 Å². The molecule has 0 unspecified atom stereocenters. The van der Waals surface area contributed by atoms with Gasteiger partial charge in [-0.1, -0.05) is 49.6 Å². The van der Waals surface area contributed by atoms with E-state index in [4.69, 9.17) is 9.72 Å². The number of rotatable bonds is 7. The van der Waals surface area contributed by atoms with Gasteiger partial charge >= 0.3 is 0 Å². The molecule has 1 aliphatic heterocycles. The molecule has 1 fully saturated rings. The predicted octanol–water partition coefficient (Wildman–Crippen LogP) is 5.81. The number of nitrogens with zero attached hydrogens (tertiary/aromatic N) is 3. The average molecular weight is 457 g/mol. The number of carbonyl (C=O) groups is 1. The fourth-order valence-corrected chi connectivity index (χ4v) is 4.97. The number of aromatic nitrogens is 2. The highest BCUT2D eigenvalue weighted by atomic mass is 16.5. The zero-order valence-corrected chi connectivity index (χ0v) is 19.7. The van der Waals surface area contributed by atoms with Crippen LogP contribution < -0.4 is 15.0 Å². The van der Waals surface area contributed by atoms with Crippen molar-refractivity contribution in [1.82, 2.24) is 9.97 Å². The molecule has 1 amide bonds. The summed E-state index contributed by atoms with van der Waals surface area (Å²) >= 11 is 0. The average Bonchev–Trinajstić information content (AvgIpc) is 3.36. The van der Waals surface area contributed by atoms with E-state index in [2.05, 4.69) is 29.4 Å². The van der Waals surface area contributed by atoms with E-state index >= 15 is 0 Å². The van der Waals surface area contributed by atoms with E-state index < -0.39 is 0 Å². The minimum atomic E-state index is -0.0129. The van der Waals surface area contributed by atoms with Crippen LogP contribution in [-0.4, -0.2) is 29.0 Å². The molecule has 1 atom stereocenters. The Hall–Kier alpha value is -3.41. The van der Waals surface area contributed by atoms with E-state index in [-0.39, 0.29) is 11.9 Å². The Kier molecular flexibility index (Phi) is 6.74. The minimum absolute atomic E-state index is 0.0129. The zero-order valence-electron chi connectivity index (χ0n) is 19.7. The third-order valence-corrected chi connectivity index (χ3v) is 6.91. The number of hydrogen-bond donors (Lipinski definition) is 1. The first-order chi connectivity index (χ1) is 16.7. The summed E-state index contributed by atoms with van der Waals surface area (Å²) < 4.78 is 5.64. The number of benzene rings is 2. The van der Waals surface area contributed by atoms with Gasteiger partial charge in [0.15, 0.2) is 0 Å². The first-order valence-electron chi connectivity index (χ1n) is 12.4. The van der Waals surface area contributed by atoms with Crippen molar-refractivity contribution in [3.8, 4) is 5.75 Å². The van der Waals surface area contributed by atoms with Crippen molar-refractivity contribution < 1.29 is 9.53 Å². The molecule has 1 aliphatic carbocycles. The summed E-state index contributed by atoms with van der Waals surface area (Å²) in [5.74, 6) is 2.53. The van der Waals surface area contributed by atoms with Crippen LogP contribution in [0.2, 0.25) is 0 Å². The fourth-order valence-electron chi connectivity index (χ4n) is 4.97. The third-order valence-electron chi connectivity index (χ3n) is 6.91. The summed E-state index contributed by atoms with van der Waals surface area (Å²) in [6, 6.07) is 17.9. The number of carbonyl (C=O) groups excluding carboxylic acids is 1. The monoisotopic (exact) mass is 456 g/mol. The van der Waals surface area contributed by atoms with Gasteiger partial charge in [0.25, 0.3) is 5.91 Å². The van der Waals surface area contributed by atoms with Gasteiger partial charge in [-0.3, -0.25) is 9.69 Å². The fraction of sp³-hybridized carbons (Fsp3) is 0.393. The van der Waals surface area contributed by atoms with Gasteiger partial charge in [-0.15, -0.1) is 0 Å². The van der Waals surface area contributed by atoms with E-state index in [1.54, 1.807) is 6.20 Å². The lowest BCUT2D eigenvalue weighted by molar-refractivity contribution is 0.0979. The lowest BCUT2D eigenvalue weighted by Crippen LogP contribution is -2.37. The van der Waals surface area contributed by atoms with Gasteiger partial charge in [0.1, 0.15) is 11.6 Å². The zero-order chi connectivity index (χ0) is 23.3. The normalized spacial score (nSPS) is 16.4. The smallest absolute Gasteiger partial charge is 0.259 e. The van der Waals surface area contributed by atoms with E-state index in [0.717, 1.165) is 36.1 Å². The van der Waals surface area contributed by atoms with Crippen LogP contribution >= 0.6 is 0 Å². The van der Waals surface area contributed by atoms with E-state index in [1.165, 1.54) is 19.3 Å². The Morgan fingerprint density at radius 2 is 1.94 bits per heavy atom. The van der Waals surface area contributed by atoms with E-state index in [0.29, 0.717) is 36.4 Å². The van der Waals surface area contributed by atoms with Crippen LogP contribution in [0, 0.1) is 5.92 Å². The standard InChI is InChI=1S/C28H32N4O2/c1-20(22-10-6-3-7-11-22)30-28-29-16-14-26(31-28)32(19-21-8-4-2-5-9-21)27(33)24-12-13-25-23(18-24)15-17-34-25/h3,6-7,10-14,16,18,20-21H,2,4-5,8-9,15,17,19H2,1H3,(H,29,30,31)/t20-/m0/s1. The summed E-state index contributed by atoms with van der Waals surface area (Å²) in [7, 11) is 0. The quantitative estimate of drug-likeness (QED) is 0.486. The molecule has 5 rings (SSSR count). The molecule has 3 aromatic rings. The molecule has 34 heavy (non-hydrogen) atoms. The molecule has 1 aromatic heterocycles. The number of anilines is 2. The summed E-state index contributed by atoms with van der Waals surface area (Å²) in [5.41, 5.74) is 2.95. The van der Waals surface area contributed by atoms with Crippen molar-refractivity contribution >= 4 is 17.7 Å². The largest absolute Gasteiger partial charge is 0.493 e. The molecule has 2 heterocycles. The molecule has 2 aromatic carbocycles. The maximum Gasteiger partial charge on any atom is 0.259 e. The van der Waals surface area contributed by atoms with Crippen molar-refractivity contribution in [2.75, 3.05) is 23.4 Å². The number of fused-ring (bicyclic) bond motifs is 1. The van der Waals surface area contributed by atoms with Crippen molar-refractivity contribution in [2.24, 2.45) is 5.92 Å². The molecular weight excluding hydrogens is 424 g/mol. The van der Waals surface area contributed by atoms with Gasteiger partial charge in [-0.2, -0.15) is 4.98 Å². The highest BCUT2D eigenvalue weighted by Crippen LogP contribution is 2.30. The van der Waals surface area contributed by atoms with E-state index in [9.17, 15) is 4.79 Å². The van der Waals surface area contributed by atoms with Crippen LogP contribution in [0.5, 0.6) is 5.75 Å². The molecule has 2 aliphatic rings. The molecule has 0 saturated heterocycles. The second-order valence-corrected chi connectivity index (χ2v) is 9.36. The number of amides is 1. The van der Waals surface area contributed by atoms with Gasteiger partial charge in [-0.05, 0) is 61.1 Å². The van der Waals surface area contributed by atoms with Crippen LogP contribution in [0.4, 0.5) is 11.8 Å². The Morgan fingerprint density at radius 1 is 1.12 bits per heavy atom. The summed E-state index contributed by atoms with van der Waals surface area (Å²) in [5, 5.41) is 3.39. The molecule has 6 heteroatoms. The Bertz CT molecular complexity index is 1130. The first-order valence-corrected chi connectivity index (χ1v) is 12.4. The predicted molar refractivity (Wildman–Crippen MR) is 134 cm³/mol. The maximum absolute atomic E-state index is 13.8. The molecule has 0 spiro atoms. The highest BCUT2D eigenvalue weighted by molar-refractivity contribution is 6.05. The number of hydrogen-bond acceptors (Lipinski definition) is 5. The SMILES string of the molecule is C[C@H](Nc1nccc(N(CC2CCCCC2)C(=O)c2ccc3c(c2)CCO3)n1)c1ccccc1.